The van der Waals surface area contributed by atoms with Gasteiger partial charge in [0.1, 0.15) is 0 Å². The second-order valence-electron chi connectivity index (χ2n) is 3.90. The van der Waals surface area contributed by atoms with Crippen molar-refractivity contribution in [2.45, 2.75) is 6.92 Å². The van der Waals surface area contributed by atoms with Crippen molar-refractivity contribution >= 4 is 24.0 Å². The highest BCUT2D eigenvalue weighted by Gasteiger charge is 1.95. The summed E-state index contributed by atoms with van der Waals surface area (Å²) < 4.78 is 4.27. The molecule has 0 bridgehead atoms. The third kappa shape index (κ3) is 16.8. The molecular weight excluding hydrogens is 300 g/mol. The van der Waals surface area contributed by atoms with E-state index in [0.29, 0.717) is 17.7 Å². The maximum absolute atomic E-state index is 10.2. The van der Waals surface area contributed by atoms with E-state index in [-0.39, 0.29) is 5.97 Å². The van der Waals surface area contributed by atoms with Gasteiger partial charge in [-0.15, -0.1) is 0 Å². The molecule has 1 rings (SSSR count). The molecule has 2 N–H and O–H groups in total. The highest BCUT2D eigenvalue weighted by molar-refractivity contribution is 5.89. The molecule has 1 aromatic rings. The lowest BCUT2D eigenvalue weighted by atomic mass is 10.2. The molecule has 0 aliphatic heterocycles. The zero-order valence-electron chi connectivity index (χ0n) is 13.1. The summed E-state index contributed by atoms with van der Waals surface area (Å²) in [5, 5.41) is 15.6. The summed E-state index contributed by atoms with van der Waals surface area (Å²) in [6.07, 6.45) is 2.95. The fourth-order valence-electron chi connectivity index (χ4n) is 0.906. The molecule has 124 valence electrons. The molecule has 0 aromatic heterocycles. The van der Waals surface area contributed by atoms with Crippen LogP contribution in [0.3, 0.4) is 0 Å². The van der Waals surface area contributed by atoms with Gasteiger partial charge in [0, 0.05) is 17.7 Å². The summed E-state index contributed by atoms with van der Waals surface area (Å²) in [6, 6.07) is 10.0. The minimum Gasteiger partial charge on any atom is -0.478 e. The van der Waals surface area contributed by atoms with Gasteiger partial charge in [0.05, 0.1) is 7.11 Å². The number of carbonyl (C=O) groups is 3. The average Bonchev–Trinajstić information content (AvgIpc) is 2.54. The van der Waals surface area contributed by atoms with E-state index in [2.05, 4.69) is 17.9 Å². The fraction of sp³-hybridized carbons (Fsp3) is 0.118. The van der Waals surface area contributed by atoms with Crippen LogP contribution in [0.1, 0.15) is 12.5 Å². The van der Waals surface area contributed by atoms with Gasteiger partial charge in [-0.1, -0.05) is 49.6 Å². The van der Waals surface area contributed by atoms with Crippen LogP contribution in [0.25, 0.3) is 6.08 Å². The number of benzene rings is 1. The minimum atomic E-state index is -1.26. The number of methoxy groups -OCH3 is 1. The monoisotopic (exact) mass is 320 g/mol. The summed E-state index contributed by atoms with van der Waals surface area (Å²) in [7, 11) is 1.33. The number of ether oxygens (including phenoxy) is 1. The quantitative estimate of drug-likeness (QED) is 0.653. The first kappa shape index (κ1) is 22.1. The Kier molecular flexibility index (Phi) is 13.3. The normalized spacial score (nSPS) is 8.61. The molecular formula is C17H20O6. The van der Waals surface area contributed by atoms with Gasteiger partial charge in [0.15, 0.2) is 0 Å². The molecule has 0 aliphatic rings. The Balaban J connectivity index is 0. The van der Waals surface area contributed by atoms with E-state index in [1.807, 2.05) is 36.4 Å². The van der Waals surface area contributed by atoms with Crippen molar-refractivity contribution in [2.75, 3.05) is 7.11 Å². The molecule has 0 amide bonds. The Morgan fingerprint density at radius 3 is 1.65 bits per heavy atom. The maximum Gasteiger partial charge on any atom is 0.332 e. The van der Waals surface area contributed by atoms with Crippen molar-refractivity contribution in [3.05, 3.63) is 66.8 Å². The summed E-state index contributed by atoms with van der Waals surface area (Å²) in [6.45, 7) is 8.59. The van der Waals surface area contributed by atoms with E-state index < -0.39 is 11.9 Å². The number of carbonyl (C=O) groups excluding carboxylic acids is 1. The molecule has 0 saturated carbocycles. The Bertz CT molecular complexity index is 542. The lowest BCUT2D eigenvalue weighted by Crippen LogP contribution is -1.98. The van der Waals surface area contributed by atoms with E-state index >= 15 is 0 Å². The Morgan fingerprint density at radius 2 is 1.48 bits per heavy atom. The van der Waals surface area contributed by atoms with Crippen LogP contribution in [0.4, 0.5) is 0 Å². The standard InChI is InChI=1S/C8H8.C5H8O2.C4H4O4/c1-2-8-6-4-3-5-7-8;1-4(2)5(6)7-3;5-3(6)1-2-4(7)8/h2-7H,1H2;1H2,2-3H3;1-2H,(H,5,6)(H,7,8). The summed E-state index contributed by atoms with van der Waals surface area (Å²) in [4.78, 5) is 29.3. The molecule has 0 atom stereocenters. The first-order valence-electron chi connectivity index (χ1n) is 6.29. The van der Waals surface area contributed by atoms with Crippen molar-refractivity contribution in [3.8, 4) is 0 Å². The molecule has 0 fully saturated rings. The van der Waals surface area contributed by atoms with Crippen LogP contribution in [-0.4, -0.2) is 35.2 Å². The Hall–Kier alpha value is -3.15. The number of hydrogen-bond donors (Lipinski definition) is 2. The van der Waals surface area contributed by atoms with Crippen molar-refractivity contribution in [3.63, 3.8) is 0 Å². The Morgan fingerprint density at radius 1 is 1.04 bits per heavy atom. The first-order chi connectivity index (χ1) is 10.7. The van der Waals surface area contributed by atoms with E-state index in [4.69, 9.17) is 10.2 Å². The zero-order valence-corrected chi connectivity index (χ0v) is 13.1. The van der Waals surface area contributed by atoms with E-state index in [1.165, 1.54) is 12.7 Å². The lowest BCUT2D eigenvalue weighted by Gasteiger charge is -1.91. The van der Waals surface area contributed by atoms with Gasteiger partial charge >= 0.3 is 17.9 Å². The van der Waals surface area contributed by atoms with Crippen molar-refractivity contribution in [1.29, 1.82) is 0 Å². The highest BCUT2D eigenvalue weighted by atomic mass is 16.5. The molecule has 0 saturated heterocycles. The maximum atomic E-state index is 10.2. The third-order valence-corrected chi connectivity index (χ3v) is 1.94. The molecule has 0 heterocycles. The van der Waals surface area contributed by atoms with Crippen molar-refractivity contribution in [2.24, 2.45) is 0 Å². The number of carboxylic acids is 2. The number of hydrogen-bond acceptors (Lipinski definition) is 4. The lowest BCUT2D eigenvalue weighted by molar-refractivity contribution is -0.136. The molecule has 1 aromatic carbocycles. The molecule has 0 spiro atoms. The molecule has 6 heteroatoms. The van der Waals surface area contributed by atoms with Crippen LogP contribution < -0.4 is 0 Å². The summed E-state index contributed by atoms with van der Waals surface area (Å²) >= 11 is 0. The summed E-state index contributed by atoms with van der Waals surface area (Å²) in [5.74, 6) is -2.86. The van der Waals surface area contributed by atoms with Crippen LogP contribution in [-0.2, 0) is 19.1 Å². The number of carboxylic acid groups (broad SMARTS) is 2. The predicted octanol–water partition coefficient (Wildman–Crippen LogP) is 2.78. The van der Waals surface area contributed by atoms with Gasteiger partial charge in [-0.05, 0) is 12.5 Å². The van der Waals surface area contributed by atoms with E-state index in [1.54, 1.807) is 6.92 Å². The zero-order chi connectivity index (χ0) is 18.3. The van der Waals surface area contributed by atoms with Gasteiger partial charge in [-0.2, -0.15) is 0 Å². The molecule has 0 radical (unpaired) electrons. The van der Waals surface area contributed by atoms with Crippen LogP contribution >= 0.6 is 0 Å². The average molecular weight is 320 g/mol. The molecule has 6 nitrogen and oxygen atoms in total. The molecule has 23 heavy (non-hydrogen) atoms. The van der Waals surface area contributed by atoms with Gasteiger partial charge in [0.2, 0.25) is 0 Å². The minimum absolute atomic E-state index is 0.347. The number of aliphatic carboxylic acids is 2. The third-order valence-electron chi connectivity index (χ3n) is 1.94. The van der Waals surface area contributed by atoms with Crippen LogP contribution in [0.2, 0.25) is 0 Å². The first-order valence-corrected chi connectivity index (χ1v) is 6.29. The van der Waals surface area contributed by atoms with Gasteiger partial charge in [0.25, 0.3) is 0 Å². The van der Waals surface area contributed by atoms with Crippen LogP contribution in [0.5, 0.6) is 0 Å². The SMILES string of the molecule is C=C(C)C(=O)OC.C=Cc1ccccc1.O=C(O)C=CC(=O)O. The highest BCUT2D eigenvalue weighted by Crippen LogP contribution is 1.97. The fourth-order valence-corrected chi connectivity index (χ4v) is 0.906. The predicted molar refractivity (Wildman–Crippen MR) is 87.8 cm³/mol. The largest absolute Gasteiger partial charge is 0.478 e. The van der Waals surface area contributed by atoms with Gasteiger partial charge < -0.3 is 14.9 Å². The second-order valence-corrected chi connectivity index (χ2v) is 3.90. The number of esters is 1. The topological polar surface area (TPSA) is 101 Å². The number of rotatable bonds is 4. The van der Waals surface area contributed by atoms with Crippen molar-refractivity contribution < 1.29 is 29.3 Å². The smallest absolute Gasteiger partial charge is 0.332 e. The van der Waals surface area contributed by atoms with Gasteiger partial charge in [-0.25, -0.2) is 14.4 Å². The van der Waals surface area contributed by atoms with E-state index in [9.17, 15) is 14.4 Å². The second kappa shape index (κ2) is 13.8. The van der Waals surface area contributed by atoms with Crippen molar-refractivity contribution in [1.82, 2.24) is 0 Å². The van der Waals surface area contributed by atoms with Gasteiger partial charge in [-0.3, -0.25) is 0 Å². The van der Waals surface area contributed by atoms with Crippen LogP contribution in [0, 0.1) is 0 Å². The molecule has 0 unspecified atom stereocenters. The van der Waals surface area contributed by atoms with E-state index in [0.717, 1.165) is 0 Å². The van der Waals surface area contributed by atoms with Crippen LogP contribution in [0.15, 0.2) is 61.2 Å². The Labute approximate surface area is 135 Å². The molecule has 0 aliphatic carbocycles. The summed E-state index contributed by atoms with van der Waals surface area (Å²) in [5.41, 5.74) is 1.61.